The molecule has 0 atom stereocenters. The average Bonchev–Trinajstić information content (AvgIpc) is 3.16. The normalized spacial score (nSPS) is 12.2. The number of rotatable bonds is 4. The number of nitrogens with zero attached hydrogens (tertiary/aromatic N) is 1. The molecule has 1 aromatic heterocycles. The van der Waals surface area contributed by atoms with E-state index in [0.717, 1.165) is 33.5 Å². The topological polar surface area (TPSA) is 66.6 Å². The fraction of sp³-hybridized carbons (Fsp3) is 0.238. The van der Waals surface area contributed by atoms with Crippen molar-refractivity contribution in [2.75, 3.05) is 13.8 Å². The highest BCUT2D eigenvalue weighted by Crippen LogP contribution is 2.33. The third kappa shape index (κ3) is 3.53. The summed E-state index contributed by atoms with van der Waals surface area (Å²) in [6, 6.07) is 13.7. The molecule has 0 bridgehead atoms. The van der Waals surface area contributed by atoms with E-state index < -0.39 is 0 Å². The summed E-state index contributed by atoms with van der Waals surface area (Å²) in [4.78, 5) is 17.6. The number of H-pyrrole nitrogens is 1. The number of hydrogen-bond acceptors (Lipinski definition) is 4. The maximum atomic E-state index is 12.7. The van der Waals surface area contributed by atoms with Gasteiger partial charge in [0.15, 0.2) is 16.6 Å². The first-order valence-electron chi connectivity index (χ1n) is 9.02. The van der Waals surface area contributed by atoms with Gasteiger partial charge in [0.05, 0.1) is 12.1 Å². The van der Waals surface area contributed by atoms with Gasteiger partial charge in [-0.05, 0) is 53.9 Å². The van der Waals surface area contributed by atoms with Gasteiger partial charge in [0, 0.05) is 19.2 Å². The van der Waals surface area contributed by atoms with Crippen LogP contribution >= 0.6 is 12.2 Å². The Kier molecular flexibility index (Phi) is 4.92. The molecule has 1 aliphatic heterocycles. The van der Waals surface area contributed by atoms with E-state index in [-0.39, 0.29) is 12.4 Å². The van der Waals surface area contributed by atoms with Crippen molar-refractivity contribution in [3.8, 4) is 11.5 Å². The second kappa shape index (κ2) is 7.52. The van der Waals surface area contributed by atoms with Crippen molar-refractivity contribution in [1.82, 2.24) is 15.2 Å². The summed E-state index contributed by atoms with van der Waals surface area (Å²) in [7, 11) is 1.78. The molecule has 7 heteroatoms. The highest BCUT2D eigenvalue weighted by atomic mass is 32.1. The minimum absolute atomic E-state index is 0.101. The third-order valence-electron chi connectivity index (χ3n) is 4.84. The van der Waals surface area contributed by atoms with Crippen molar-refractivity contribution in [2.24, 2.45) is 0 Å². The standard InChI is InChI=1S/C21H21N3O3S/c1-13-4-3-5-15-9-16(20(25)23-19(13)15)11-24(21(28)22-2)10-14-6-7-17-18(8-14)27-12-26-17/h3-9H,10-12H2,1-2H3,(H,22,28)(H,23,25). The molecule has 6 nitrogen and oxygen atoms in total. The molecule has 0 aliphatic carbocycles. The number of nitrogens with one attached hydrogen (secondary N) is 2. The molecule has 0 radical (unpaired) electrons. The minimum Gasteiger partial charge on any atom is -0.454 e. The Morgan fingerprint density at radius 1 is 1.18 bits per heavy atom. The molecule has 0 saturated heterocycles. The van der Waals surface area contributed by atoms with Gasteiger partial charge in [-0.15, -0.1) is 0 Å². The second-order valence-electron chi connectivity index (χ2n) is 6.76. The average molecular weight is 395 g/mol. The summed E-state index contributed by atoms with van der Waals surface area (Å²) in [6.07, 6.45) is 0. The van der Waals surface area contributed by atoms with E-state index in [1.807, 2.05) is 54.3 Å². The Balaban J connectivity index is 1.64. The molecule has 0 saturated carbocycles. The van der Waals surface area contributed by atoms with E-state index in [1.165, 1.54) is 0 Å². The Labute approximate surface area is 168 Å². The zero-order valence-electron chi connectivity index (χ0n) is 15.7. The maximum Gasteiger partial charge on any atom is 0.253 e. The van der Waals surface area contributed by atoms with Crippen molar-refractivity contribution >= 4 is 28.2 Å². The fourth-order valence-electron chi connectivity index (χ4n) is 3.37. The Morgan fingerprint density at radius 2 is 2.00 bits per heavy atom. The van der Waals surface area contributed by atoms with Crippen molar-refractivity contribution in [3.05, 3.63) is 69.5 Å². The highest BCUT2D eigenvalue weighted by molar-refractivity contribution is 7.80. The number of fused-ring (bicyclic) bond motifs is 2. The Morgan fingerprint density at radius 3 is 2.82 bits per heavy atom. The van der Waals surface area contributed by atoms with Crippen LogP contribution in [0.25, 0.3) is 10.9 Å². The smallest absolute Gasteiger partial charge is 0.253 e. The van der Waals surface area contributed by atoms with Gasteiger partial charge >= 0.3 is 0 Å². The summed E-state index contributed by atoms with van der Waals surface area (Å²) in [5, 5.41) is 4.59. The van der Waals surface area contributed by atoms with E-state index in [4.69, 9.17) is 21.7 Å². The molecule has 0 unspecified atom stereocenters. The highest BCUT2D eigenvalue weighted by Gasteiger charge is 2.17. The van der Waals surface area contributed by atoms with Crippen LogP contribution in [0.15, 0.2) is 47.3 Å². The molecule has 2 heterocycles. The van der Waals surface area contributed by atoms with Crippen LogP contribution in [-0.4, -0.2) is 28.8 Å². The van der Waals surface area contributed by atoms with E-state index >= 15 is 0 Å². The molecule has 2 N–H and O–H groups in total. The molecule has 3 aromatic rings. The Bertz CT molecular complexity index is 1110. The summed E-state index contributed by atoms with van der Waals surface area (Å²) in [5.74, 6) is 1.47. The lowest BCUT2D eigenvalue weighted by Gasteiger charge is -2.25. The lowest BCUT2D eigenvalue weighted by atomic mass is 10.1. The van der Waals surface area contributed by atoms with Crippen LogP contribution in [0.3, 0.4) is 0 Å². The quantitative estimate of drug-likeness (QED) is 0.662. The van der Waals surface area contributed by atoms with Gasteiger partial charge in [0.1, 0.15) is 0 Å². The zero-order valence-corrected chi connectivity index (χ0v) is 16.6. The predicted molar refractivity (Wildman–Crippen MR) is 113 cm³/mol. The molecular weight excluding hydrogens is 374 g/mol. The molecule has 4 rings (SSSR count). The summed E-state index contributed by atoms with van der Waals surface area (Å²) < 4.78 is 10.8. The van der Waals surface area contributed by atoms with Gasteiger partial charge in [-0.2, -0.15) is 0 Å². The Hall–Kier alpha value is -3.06. The third-order valence-corrected chi connectivity index (χ3v) is 5.30. The van der Waals surface area contributed by atoms with Crippen LogP contribution in [0.4, 0.5) is 0 Å². The fourth-order valence-corrected chi connectivity index (χ4v) is 3.50. The van der Waals surface area contributed by atoms with E-state index in [2.05, 4.69) is 10.3 Å². The number of benzene rings is 2. The first-order chi connectivity index (χ1) is 13.5. The van der Waals surface area contributed by atoms with Crippen molar-refractivity contribution in [3.63, 3.8) is 0 Å². The maximum absolute atomic E-state index is 12.7. The van der Waals surface area contributed by atoms with Crippen LogP contribution in [0.1, 0.15) is 16.7 Å². The number of aromatic amines is 1. The largest absolute Gasteiger partial charge is 0.454 e. The van der Waals surface area contributed by atoms with Crippen molar-refractivity contribution in [2.45, 2.75) is 20.0 Å². The van der Waals surface area contributed by atoms with E-state index in [9.17, 15) is 4.79 Å². The van der Waals surface area contributed by atoms with Gasteiger partial charge in [0.25, 0.3) is 5.56 Å². The summed E-state index contributed by atoms with van der Waals surface area (Å²) in [5.41, 5.74) is 3.50. The first-order valence-corrected chi connectivity index (χ1v) is 9.42. The van der Waals surface area contributed by atoms with Crippen LogP contribution in [-0.2, 0) is 13.1 Å². The molecule has 2 aromatic carbocycles. The van der Waals surface area contributed by atoms with Gasteiger partial charge in [-0.1, -0.05) is 24.3 Å². The van der Waals surface area contributed by atoms with Crippen LogP contribution in [0.5, 0.6) is 11.5 Å². The van der Waals surface area contributed by atoms with Crippen molar-refractivity contribution < 1.29 is 9.47 Å². The number of ether oxygens (including phenoxy) is 2. The SMILES string of the molecule is CNC(=S)N(Cc1ccc2c(c1)OCO2)Cc1cc2cccc(C)c2[nH]c1=O. The lowest BCUT2D eigenvalue weighted by Crippen LogP contribution is -2.38. The number of aromatic nitrogens is 1. The van der Waals surface area contributed by atoms with Gasteiger partial charge in [-0.3, -0.25) is 4.79 Å². The van der Waals surface area contributed by atoms with E-state index in [1.54, 1.807) is 7.05 Å². The molecule has 0 spiro atoms. The molecule has 1 aliphatic rings. The van der Waals surface area contributed by atoms with Gasteiger partial charge in [0.2, 0.25) is 6.79 Å². The van der Waals surface area contributed by atoms with Crippen molar-refractivity contribution in [1.29, 1.82) is 0 Å². The van der Waals surface area contributed by atoms with Gasteiger partial charge < -0.3 is 24.7 Å². The molecule has 0 amide bonds. The predicted octanol–water partition coefficient (Wildman–Crippen LogP) is 3.07. The summed E-state index contributed by atoms with van der Waals surface area (Å²) >= 11 is 5.48. The molecule has 0 fully saturated rings. The minimum atomic E-state index is -0.101. The van der Waals surface area contributed by atoms with Crippen LogP contribution < -0.4 is 20.3 Å². The zero-order chi connectivity index (χ0) is 19.7. The van der Waals surface area contributed by atoms with Crippen LogP contribution in [0, 0.1) is 6.92 Å². The summed E-state index contributed by atoms with van der Waals surface area (Å²) in [6.45, 7) is 3.16. The van der Waals surface area contributed by atoms with Gasteiger partial charge in [-0.25, -0.2) is 0 Å². The number of hydrogen-bond donors (Lipinski definition) is 2. The van der Waals surface area contributed by atoms with Crippen LogP contribution in [0.2, 0.25) is 0 Å². The number of pyridine rings is 1. The molecule has 28 heavy (non-hydrogen) atoms. The van der Waals surface area contributed by atoms with E-state index in [0.29, 0.717) is 23.8 Å². The monoisotopic (exact) mass is 395 g/mol. The molecular formula is C21H21N3O3S. The number of thiocarbonyl (C=S) groups is 1. The molecule has 144 valence electrons. The number of aryl methyl sites for hydroxylation is 1. The lowest BCUT2D eigenvalue weighted by molar-refractivity contribution is 0.174. The first kappa shape index (κ1) is 18.3. The number of para-hydroxylation sites is 1. The second-order valence-corrected chi connectivity index (χ2v) is 7.15.